The number of carbonyl (C=O) groups excluding carboxylic acids is 2. The molecule has 0 aliphatic carbocycles. The fraction of sp³-hybridized carbons (Fsp3) is 0.429. The van der Waals surface area contributed by atoms with Crippen LogP contribution in [-0.4, -0.2) is 23.8 Å². The number of aliphatic hydroxyl groups excluding tert-OH is 1. The van der Waals surface area contributed by atoms with E-state index in [-0.39, 0.29) is 12.2 Å². The number of rotatable bonds is 2. The minimum Gasteiger partial charge on any atom is -0.515 e. The highest BCUT2D eigenvalue weighted by molar-refractivity contribution is 5.88. The first-order chi connectivity index (χ1) is 6.11. The molecule has 0 spiro atoms. The molecule has 0 aliphatic heterocycles. The van der Waals surface area contributed by atoms with E-state index in [1.807, 2.05) is 0 Å². The summed E-state index contributed by atoms with van der Waals surface area (Å²) in [5.74, 6) is -0.851. The Kier molecular flexibility index (Phi) is 5.09. The molecule has 6 nitrogen and oxygen atoms in total. The number of nitrogens with one attached hydrogen (secondary N) is 1. The quantitative estimate of drug-likeness (QED) is 0.378. The number of ether oxygens (including phenoxy) is 1. The van der Waals surface area contributed by atoms with Gasteiger partial charge in [-0.3, -0.25) is 0 Å². The van der Waals surface area contributed by atoms with Gasteiger partial charge >= 0.3 is 12.1 Å². The predicted molar refractivity (Wildman–Crippen MR) is 42.6 cm³/mol. The highest BCUT2D eigenvalue weighted by atomic mass is 16.7. The van der Waals surface area contributed by atoms with Gasteiger partial charge in [0.05, 0.1) is 18.4 Å². The molecule has 0 bridgehead atoms. The van der Waals surface area contributed by atoms with Crippen LogP contribution in [0.3, 0.4) is 0 Å². The van der Waals surface area contributed by atoms with Crippen molar-refractivity contribution in [1.29, 1.82) is 0 Å². The molecule has 0 fully saturated rings. The smallest absolute Gasteiger partial charge is 0.440 e. The topological polar surface area (TPSA) is 84.9 Å². The monoisotopic (exact) mass is 189 g/mol. The highest BCUT2D eigenvalue weighted by Gasteiger charge is 2.08. The van der Waals surface area contributed by atoms with Crippen LogP contribution in [0.4, 0.5) is 4.79 Å². The maximum atomic E-state index is 10.8. The van der Waals surface area contributed by atoms with Crippen LogP contribution in [0.15, 0.2) is 11.8 Å². The number of aliphatic hydroxyl groups is 1. The van der Waals surface area contributed by atoms with Gasteiger partial charge in [0.2, 0.25) is 0 Å². The van der Waals surface area contributed by atoms with Gasteiger partial charge in [0.25, 0.3) is 0 Å². The van der Waals surface area contributed by atoms with E-state index < -0.39 is 12.1 Å². The molecule has 2 N–H and O–H groups in total. The van der Waals surface area contributed by atoms with Crippen LogP contribution >= 0.6 is 0 Å². The molecule has 6 heteroatoms. The van der Waals surface area contributed by atoms with Gasteiger partial charge in [-0.1, -0.05) is 0 Å². The number of hydrogen-bond donors (Lipinski definition) is 2. The molecule has 0 aromatic heterocycles. The predicted octanol–water partition coefficient (Wildman–Crippen LogP) is 0.653. The molecule has 0 rings (SSSR count). The maximum absolute atomic E-state index is 10.8. The summed E-state index contributed by atoms with van der Waals surface area (Å²) in [6.45, 7) is 3.12. The molecule has 0 aromatic carbocycles. The molecule has 1 amide bonds. The Morgan fingerprint density at radius 2 is 2.15 bits per heavy atom. The molecule has 13 heavy (non-hydrogen) atoms. The Hall–Kier alpha value is -1.72. The molecule has 0 heterocycles. The minimum absolute atomic E-state index is 0.0307. The van der Waals surface area contributed by atoms with E-state index in [9.17, 15) is 9.59 Å². The second-order valence-corrected chi connectivity index (χ2v) is 2.02. The zero-order chi connectivity index (χ0) is 10.3. The SMILES string of the molecule is CCOC(=O)NOC(=O)C(C)=CO. The van der Waals surface area contributed by atoms with Gasteiger partial charge in [-0.2, -0.15) is 0 Å². The summed E-state index contributed by atoms with van der Waals surface area (Å²) >= 11 is 0. The Balaban J connectivity index is 3.77. The number of hydroxylamine groups is 1. The van der Waals surface area contributed by atoms with E-state index >= 15 is 0 Å². The highest BCUT2D eigenvalue weighted by Crippen LogP contribution is 1.92. The van der Waals surface area contributed by atoms with Crippen LogP contribution in [0, 0.1) is 0 Å². The first-order valence-corrected chi connectivity index (χ1v) is 3.56. The molecule has 0 unspecified atom stereocenters. The first kappa shape index (κ1) is 11.3. The van der Waals surface area contributed by atoms with Crippen molar-refractivity contribution in [2.75, 3.05) is 6.61 Å². The third kappa shape index (κ3) is 4.67. The molecule has 0 saturated heterocycles. The van der Waals surface area contributed by atoms with Crippen molar-refractivity contribution >= 4 is 12.1 Å². The van der Waals surface area contributed by atoms with Crippen LogP contribution in [0.25, 0.3) is 0 Å². The van der Waals surface area contributed by atoms with E-state index in [4.69, 9.17) is 5.11 Å². The normalized spacial score (nSPS) is 10.5. The van der Waals surface area contributed by atoms with E-state index in [1.54, 1.807) is 12.4 Å². The van der Waals surface area contributed by atoms with Crippen molar-refractivity contribution in [2.24, 2.45) is 0 Å². The van der Waals surface area contributed by atoms with Crippen molar-refractivity contribution in [3.8, 4) is 0 Å². The summed E-state index contributed by atoms with van der Waals surface area (Å²) in [5, 5.41) is 8.37. The summed E-state index contributed by atoms with van der Waals surface area (Å²) in [6, 6.07) is 0. The maximum Gasteiger partial charge on any atom is 0.440 e. The van der Waals surface area contributed by atoms with Crippen molar-refractivity contribution in [1.82, 2.24) is 5.48 Å². The molecule has 0 radical (unpaired) electrons. The summed E-state index contributed by atoms with van der Waals surface area (Å²) in [7, 11) is 0. The Morgan fingerprint density at radius 3 is 2.62 bits per heavy atom. The van der Waals surface area contributed by atoms with Gasteiger partial charge in [-0.15, -0.1) is 5.48 Å². The van der Waals surface area contributed by atoms with Crippen LogP contribution in [0.5, 0.6) is 0 Å². The van der Waals surface area contributed by atoms with Gasteiger partial charge in [0, 0.05) is 0 Å². The number of amides is 1. The lowest BCUT2D eigenvalue weighted by atomic mass is 10.4. The van der Waals surface area contributed by atoms with Gasteiger partial charge in [-0.25, -0.2) is 9.59 Å². The Bertz CT molecular complexity index is 223. The average Bonchev–Trinajstić information content (AvgIpc) is 2.13. The van der Waals surface area contributed by atoms with E-state index in [1.165, 1.54) is 6.92 Å². The van der Waals surface area contributed by atoms with E-state index in [0.717, 1.165) is 0 Å². The fourth-order valence-corrected chi connectivity index (χ4v) is 0.382. The van der Waals surface area contributed by atoms with Gasteiger partial charge < -0.3 is 14.7 Å². The fourth-order valence-electron chi connectivity index (χ4n) is 0.382. The van der Waals surface area contributed by atoms with Crippen LogP contribution < -0.4 is 5.48 Å². The largest absolute Gasteiger partial charge is 0.515 e. The molecule has 74 valence electrons. The third-order valence-corrected chi connectivity index (χ3v) is 1.02. The zero-order valence-electron chi connectivity index (χ0n) is 7.36. The van der Waals surface area contributed by atoms with E-state index in [2.05, 4.69) is 9.57 Å². The summed E-state index contributed by atoms with van der Waals surface area (Å²) < 4.78 is 4.40. The summed E-state index contributed by atoms with van der Waals surface area (Å²) in [5.41, 5.74) is 1.71. The second-order valence-electron chi connectivity index (χ2n) is 2.02. The van der Waals surface area contributed by atoms with Crippen molar-refractivity contribution < 1.29 is 24.3 Å². The minimum atomic E-state index is -0.860. The van der Waals surface area contributed by atoms with Gasteiger partial charge in [0.1, 0.15) is 0 Å². The molecule has 0 saturated carbocycles. The molecule has 0 aliphatic rings. The third-order valence-electron chi connectivity index (χ3n) is 1.02. The lowest BCUT2D eigenvalue weighted by Gasteiger charge is -2.04. The van der Waals surface area contributed by atoms with E-state index in [0.29, 0.717) is 6.26 Å². The first-order valence-electron chi connectivity index (χ1n) is 3.56. The number of hydrogen-bond acceptors (Lipinski definition) is 5. The lowest BCUT2D eigenvalue weighted by molar-refractivity contribution is -0.145. The molecular weight excluding hydrogens is 178 g/mol. The lowest BCUT2D eigenvalue weighted by Crippen LogP contribution is -2.28. The average molecular weight is 189 g/mol. The molecular formula is C7H11NO5. The van der Waals surface area contributed by atoms with Gasteiger partial charge in [0.15, 0.2) is 0 Å². The molecule has 0 atom stereocenters. The standard InChI is InChI=1S/C7H11NO5/c1-3-12-7(11)8-13-6(10)5(2)4-9/h4,9H,3H2,1-2H3,(H,8,11). The number of carbonyl (C=O) groups is 2. The Morgan fingerprint density at radius 1 is 1.54 bits per heavy atom. The van der Waals surface area contributed by atoms with Crippen LogP contribution in [0.1, 0.15) is 13.8 Å². The molecule has 0 aromatic rings. The Labute approximate surface area is 75.1 Å². The van der Waals surface area contributed by atoms with Crippen molar-refractivity contribution in [3.63, 3.8) is 0 Å². The van der Waals surface area contributed by atoms with Crippen molar-refractivity contribution in [2.45, 2.75) is 13.8 Å². The second kappa shape index (κ2) is 5.87. The van der Waals surface area contributed by atoms with Gasteiger partial charge in [-0.05, 0) is 13.8 Å². The summed E-state index contributed by atoms with van der Waals surface area (Å²) in [6.07, 6.45) is -0.281. The summed E-state index contributed by atoms with van der Waals surface area (Å²) in [4.78, 5) is 25.5. The van der Waals surface area contributed by atoms with Crippen LogP contribution in [0.2, 0.25) is 0 Å². The zero-order valence-corrected chi connectivity index (χ0v) is 7.36. The van der Waals surface area contributed by atoms with Crippen LogP contribution in [-0.2, 0) is 14.4 Å². The van der Waals surface area contributed by atoms with Crippen molar-refractivity contribution in [3.05, 3.63) is 11.8 Å².